The Labute approximate surface area is 161 Å². The predicted octanol–water partition coefficient (Wildman–Crippen LogP) is 1.67. The minimum absolute atomic E-state index is 0.0591. The number of furan rings is 1. The van der Waals surface area contributed by atoms with Crippen molar-refractivity contribution < 1.29 is 18.7 Å². The summed E-state index contributed by atoms with van der Waals surface area (Å²) in [6.45, 7) is 6.32. The van der Waals surface area contributed by atoms with Crippen molar-refractivity contribution in [1.82, 2.24) is 15.1 Å². The summed E-state index contributed by atoms with van der Waals surface area (Å²) in [4.78, 5) is 29.3. The van der Waals surface area contributed by atoms with Crippen molar-refractivity contribution in [2.75, 3.05) is 46.4 Å². The molecule has 0 bridgehead atoms. The molecule has 7 heteroatoms. The van der Waals surface area contributed by atoms with E-state index < -0.39 is 0 Å². The Morgan fingerprint density at radius 2 is 2.04 bits per heavy atom. The maximum Gasteiger partial charge on any atom is 0.257 e. The van der Waals surface area contributed by atoms with Crippen LogP contribution >= 0.6 is 0 Å². The highest BCUT2D eigenvalue weighted by Gasteiger charge is 2.33. The van der Waals surface area contributed by atoms with Crippen molar-refractivity contribution in [3.05, 3.63) is 23.7 Å². The van der Waals surface area contributed by atoms with Crippen LogP contribution in [0.1, 0.15) is 41.8 Å². The van der Waals surface area contributed by atoms with E-state index in [0.29, 0.717) is 30.5 Å². The zero-order valence-corrected chi connectivity index (χ0v) is 16.4. The topological polar surface area (TPSA) is 75.0 Å². The van der Waals surface area contributed by atoms with Crippen molar-refractivity contribution in [3.8, 4) is 0 Å². The molecule has 1 atom stereocenters. The number of hydrogen-bond acceptors (Lipinski definition) is 5. The summed E-state index contributed by atoms with van der Waals surface area (Å²) >= 11 is 0. The number of nitrogens with one attached hydrogen (secondary N) is 1. The van der Waals surface area contributed by atoms with Crippen molar-refractivity contribution in [1.29, 1.82) is 0 Å². The van der Waals surface area contributed by atoms with Crippen LogP contribution in [0.15, 0.2) is 16.7 Å². The number of hydrogen-bond donors (Lipinski definition) is 1. The van der Waals surface area contributed by atoms with Crippen LogP contribution in [0.2, 0.25) is 0 Å². The first kappa shape index (κ1) is 19.9. The molecular weight excluding hydrogens is 346 g/mol. The van der Waals surface area contributed by atoms with Gasteiger partial charge in [0, 0.05) is 39.3 Å². The largest absolute Gasteiger partial charge is 0.469 e. The van der Waals surface area contributed by atoms with Gasteiger partial charge in [-0.15, -0.1) is 0 Å². The lowest BCUT2D eigenvalue weighted by atomic mass is 9.93. The first-order chi connectivity index (χ1) is 13.1. The van der Waals surface area contributed by atoms with Crippen LogP contribution in [0.4, 0.5) is 0 Å². The number of rotatable bonds is 6. The Hall–Kier alpha value is -1.86. The molecule has 2 aliphatic heterocycles. The van der Waals surface area contributed by atoms with Gasteiger partial charge in [0.15, 0.2) is 0 Å². The number of piperidine rings is 2. The quantitative estimate of drug-likeness (QED) is 0.764. The fourth-order valence-corrected chi connectivity index (χ4v) is 4.18. The molecule has 2 saturated heterocycles. The lowest BCUT2D eigenvalue weighted by Crippen LogP contribution is -2.51. The molecule has 0 saturated carbocycles. The SMILES string of the molecule is COCCNC(=O)[C@@H]1CCCN(C2CCN(C(=O)c3ccoc3C)CC2)C1. The number of likely N-dealkylation sites (tertiary alicyclic amines) is 2. The molecular formula is C20H31N3O4. The monoisotopic (exact) mass is 377 g/mol. The molecule has 3 heterocycles. The van der Waals surface area contributed by atoms with Crippen LogP contribution in [0, 0.1) is 12.8 Å². The zero-order valence-electron chi connectivity index (χ0n) is 16.4. The lowest BCUT2D eigenvalue weighted by Gasteiger charge is -2.42. The maximum absolute atomic E-state index is 12.6. The molecule has 1 aromatic rings. The summed E-state index contributed by atoms with van der Waals surface area (Å²) in [6, 6.07) is 2.20. The highest BCUT2D eigenvalue weighted by Crippen LogP contribution is 2.25. The Morgan fingerprint density at radius 1 is 1.26 bits per heavy atom. The van der Waals surface area contributed by atoms with Gasteiger partial charge in [0.2, 0.25) is 5.91 Å². The molecule has 0 aliphatic carbocycles. The second kappa shape index (κ2) is 9.37. The van der Waals surface area contributed by atoms with E-state index in [1.165, 1.54) is 0 Å². The van der Waals surface area contributed by atoms with Gasteiger partial charge < -0.3 is 19.4 Å². The van der Waals surface area contributed by atoms with Gasteiger partial charge in [0.05, 0.1) is 24.4 Å². The third-order valence-corrected chi connectivity index (χ3v) is 5.79. The van der Waals surface area contributed by atoms with Gasteiger partial charge in [-0.1, -0.05) is 0 Å². The van der Waals surface area contributed by atoms with Crippen molar-refractivity contribution >= 4 is 11.8 Å². The van der Waals surface area contributed by atoms with E-state index in [2.05, 4.69) is 10.2 Å². The van der Waals surface area contributed by atoms with Crippen LogP contribution in [-0.2, 0) is 9.53 Å². The zero-order chi connectivity index (χ0) is 19.2. The minimum atomic E-state index is 0.0591. The van der Waals surface area contributed by atoms with Crippen LogP contribution in [0.3, 0.4) is 0 Å². The van der Waals surface area contributed by atoms with Crippen molar-refractivity contribution in [2.24, 2.45) is 5.92 Å². The normalized spacial score (nSPS) is 22.0. The Kier molecular flexibility index (Phi) is 6.90. The third-order valence-electron chi connectivity index (χ3n) is 5.79. The molecule has 0 spiro atoms. The van der Waals surface area contributed by atoms with Crippen LogP contribution in [0.5, 0.6) is 0 Å². The van der Waals surface area contributed by atoms with Gasteiger partial charge in [-0.2, -0.15) is 0 Å². The molecule has 0 unspecified atom stereocenters. The van der Waals surface area contributed by atoms with Crippen molar-refractivity contribution in [3.63, 3.8) is 0 Å². The summed E-state index contributed by atoms with van der Waals surface area (Å²) in [5.41, 5.74) is 0.666. The van der Waals surface area contributed by atoms with Crippen LogP contribution < -0.4 is 5.32 Å². The summed E-state index contributed by atoms with van der Waals surface area (Å²) in [5.74, 6) is 0.942. The molecule has 0 aromatic carbocycles. The molecule has 2 fully saturated rings. The second-order valence-electron chi connectivity index (χ2n) is 7.53. The summed E-state index contributed by atoms with van der Waals surface area (Å²) < 4.78 is 10.3. The first-order valence-corrected chi connectivity index (χ1v) is 9.94. The van der Waals surface area contributed by atoms with E-state index >= 15 is 0 Å². The van der Waals surface area contributed by atoms with E-state index in [4.69, 9.17) is 9.15 Å². The van der Waals surface area contributed by atoms with E-state index in [-0.39, 0.29) is 17.7 Å². The summed E-state index contributed by atoms with van der Waals surface area (Å²) in [5, 5.41) is 2.97. The minimum Gasteiger partial charge on any atom is -0.469 e. The molecule has 2 aliphatic rings. The standard InChI is InChI=1S/C20H31N3O4/c1-15-18(7-12-27-15)20(25)22-10-5-17(6-11-22)23-9-3-4-16(14-23)19(24)21-8-13-26-2/h7,12,16-17H,3-6,8-11,13-14H2,1-2H3,(H,21,24)/t16-/m1/s1. The van der Waals surface area contributed by atoms with Crippen LogP contribution in [0.25, 0.3) is 0 Å². The summed E-state index contributed by atoms with van der Waals surface area (Å²) in [6.07, 6.45) is 5.49. The fraction of sp³-hybridized carbons (Fsp3) is 0.700. The van der Waals surface area contributed by atoms with Gasteiger partial charge in [0.1, 0.15) is 5.76 Å². The lowest BCUT2D eigenvalue weighted by molar-refractivity contribution is -0.127. The maximum atomic E-state index is 12.6. The van der Waals surface area contributed by atoms with E-state index in [1.807, 2.05) is 11.8 Å². The number of aryl methyl sites for hydroxylation is 1. The fourth-order valence-electron chi connectivity index (χ4n) is 4.18. The van der Waals surface area contributed by atoms with E-state index in [0.717, 1.165) is 51.9 Å². The number of carbonyl (C=O) groups excluding carboxylic acids is 2. The average Bonchev–Trinajstić information content (AvgIpc) is 3.13. The van der Waals surface area contributed by atoms with E-state index in [1.54, 1.807) is 19.4 Å². The van der Waals surface area contributed by atoms with Gasteiger partial charge in [-0.25, -0.2) is 0 Å². The molecule has 3 rings (SSSR count). The molecule has 7 nitrogen and oxygen atoms in total. The van der Waals surface area contributed by atoms with E-state index in [9.17, 15) is 9.59 Å². The molecule has 150 valence electrons. The first-order valence-electron chi connectivity index (χ1n) is 9.94. The average molecular weight is 377 g/mol. The number of carbonyl (C=O) groups is 2. The number of methoxy groups -OCH3 is 1. The molecule has 2 amide bonds. The predicted molar refractivity (Wildman–Crippen MR) is 102 cm³/mol. The van der Waals surface area contributed by atoms with Crippen LogP contribution in [-0.4, -0.2) is 74.1 Å². The van der Waals surface area contributed by atoms with Gasteiger partial charge in [0.25, 0.3) is 5.91 Å². The highest BCUT2D eigenvalue weighted by atomic mass is 16.5. The molecule has 1 N–H and O–H groups in total. The highest BCUT2D eigenvalue weighted by molar-refractivity contribution is 5.95. The van der Waals surface area contributed by atoms with Gasteiger partial charge >= 0.3 is 0 Å². The Morgan fingerprint density at radius 3 is 2.70 bits per heavy atom. The third kappa shape index (κ3) is 4.90. The van der Waals surface area contributed by atoms with Gasteiger partial charge in [-0.3, -0.25) is 14.5 Å². The molecule has 27 heavy (non-hydrogen) atoms. The summed E-state index contributed by atoms with van der Waals surface area (Å²) in [7, 11) is 1.64. The molecule has 1 aromatic heterocycles. The Balaban J connectivity index is 1.48. The van der Waals surface area contributed by atoms with Gasteiger partial charge in [-0.05, 0) is 45.2 Å². The Bertz CT molecular complexity index is 637. The number of amides is 2. The second-order valence-corrected chi connectivity index (χ2v) is 7.53. The smallest absolute Gasteiger partial charge is 0.257 e. The van der Waals surface area contributed by atoms with Crippen molar-refractivity contribution in [2.45, 2.75) is 38.6 Å². The molecule has 0 radical (unpaired) electrons. The number of nitrogens with zero attached hydrogens (tertiary/aromatic N) is 2. The number of ether oxygens (including phenoxy) is 1.